The molecule has 1 rings (SSSR count). The SMILES string of the molecule is COCCCCC1CC(C)CCC1Cl. The van der Waals surface area contributed by atoms with Crippen molar-refractivity contribution in [1.82, 2.24) is 0 Å². The molecule has 1 aliphatic carbocycles. The fraction of sp³-hybridized carbons (Fsp3) is 1.00. The lowest BCUT2D eigenvalue weighted by atomic mass is 9.79. The fourth-order valence-corrected chi connectivity index (χ4v) is 2.77. The Morgan fingerprint density at radius 2 is 2.07 bits per heavy atom. The van der Waals surface area contributed by atoms with E-state index in [0.29, 0.717) is 5.38 Å². The van der Waals surface area contributed by atoms with E-state index in [1.807, 2.05) is 0 Å². The highest BCUT2D eigenvalue weighted by Crippen LogP contribution is 2.35. The molecule has 1 fully saturated rings. The molecule has 1 nitrogen and oxygen atoms in total. The van der Waals surface area contributed by atoms with Crippen molar-refractivity contribution in [3.05, 3.63) is 0 Å². The number of ether oxygens (including phenoxy) is 1. The first-order valence-corrected chi connectivity index (χ1v) is 6.30. The molecule has 3 atom stereocenters. The van der Waals surface area contributed by atoms with Crippen molar-refractivity contribution < 1.29 is 4.74 Å². The van der Waals surface area contributed by atoms with Crippen LogP contribution in [0.15, 0.2) is 0 Å². The molecule has 1 aliphatic rings. The van der Waals surface area contributed by atoms with Gasteiger partial charge < -0.3 is 4.74 Å². The summed E-state index contributed by atoms with van der Waals surface area (Å²) in [6.45, 7) is 3.25. The standard InChI is InChI=1S/C12H23ClO/c1-10-6-7-12(13)11(9-10)5-3-4-8-14-2/h10-12H,3-9H2,1-2H3. The predicted molar refractivity (Wildman–Crippen MR) is 61.9 cm³/mol. The van der Waals surface area contributed by atoms with Crippen LogP contribution in [0.1, 0.15) is 45.4 Å². The van der Waals surface area contributed by atoms with Gasteiger partial charge in [-0.3, -0.25) is 0 Å². The van der Waals surface area contributed by atoms with Gasteiger partial charge in [0.15, 0.2) is 0 Å². The lowest BCUT2D eigenvalue weighted by molar-refractivity contribution is 0.186. The minimum absolute atomic E-state index is 0.439. The van der Waals surface area contributed by atoms with Gasteiger partial charge in [0, 0.05) is 19.1 Å². The maximum absolute atomic E-state index is 6.33. The van der Waals surface area contributed by atoms with E-state index in [2.05, 4.69) is 6.92 Å². The Bertz CT molecular complexity index is 149. The molecule has 84 valence electrons. The minimum Gasteiger partial charge on any atom is -0.385 e. The molecule has 0 aromatic rings. The third-order valence-electron chi connectivity index (χ3n) is 3.33. The molecule has 0 spiro atoms. The molecule has 0 bridgehead atoms. The Hall–Kier alpha value is 0.250. The zero-order valence-electron chi connectivity index (χ0n) is 9.47. The summed E-state index contributed by atoms with van der Waals surface area (Å²) >= 11 is 6.33. The number of unbranched alkanes of at least 4 members (excludes halogenated alkanes) is 1. The molecule has 0 aliphatic heterocycles. The van der Waals surface area contributed by atoms with E-state index in [1.54, 1.807) is 7.11 Å². The average molecular weight is 219 g/mol. The Morgan fingerprint density at radius 3 is 2.79 bits per heavy atom. The van der Waals surface area contributed by atoms with Crippen molar-refractivity contribution >= 4 is 11.6 Å². The molecule has 0 saturated heterocycles. The Balaban J connectivity index is 2.14. The van der Waals surface area contributed by atoms with Crippen molar-refractivity contribution in [1.29, 1.82) is 0 Å². The van der Waals surface area contributed by atoms with Gasteiger partial charge in [0.2, 0.25) is 0 Å². The fourth-order valence-electron chi connectivity index (χ4n) is 2.41. The summed E-state index contributed by atoms with van der Waals surface area (Å²) in [7, 11) is 1.77. The Morgan fingerprint density at radius 1 is 1.29 bits per heavy atom. The minimum atomic E-state index is 0.439. The summed E-state index contributed by atoms with van der Waals surface area (Å²) in [5.74, 6) is 1.65. The molecular weight excluding hydrogens is 196 g/mol. The van der Waals surface area contributed by atoms with Gasteiger partial charge in [0.05, 0.1) is 0 Å². The van der Waals surface area contributed by atoms with E-state index in [-0.39, 0.29) is 0 Å². The largest absolute Gasteiger partial charge is 0.385 e. The molecule has 0 aromatic carbocycles. The number of alkyl halides is 1. The third-order valence-corrected chi connectivity index (χ3v) is 3.90. The van der Waals surface area contributed by atoms with Crippen molar-refractivity contribution in [3.8, 4) is 0 Å². The topological polar surface area (TPSA) is 9.23 Å². The molecule has 0 radical (unpaired) electrons. The molecule has 1 saturated carbocycles. The Labute approximate surface area is 93.2 Å². The summed E-state index contributed by atoms with van der Waals surface area (Å²) in [6, 6.07) is 0. The molecule has 14 heavy (non-hydrogen) atoms. The molecule has 0 aromatic heterocycles. The van der Waals surface area contributed by atoms with Gasteiger partial charge in [-0.2, -0.15) is 0 Å². The molecular formula is C12H23ClO. The zero-order valence-corrected chi connectivity index (χ0v) is 10.2. The number of halogens is 1. The molecule has 0 N–H and O–H groups in total. The van der Waals surface area contributed by atoms with Crippen LogP contribution in [0.3, 0.4) is 0 Å². The first-order chi connectivity index (χ1) is 6.74. The average Bonchev–Trinajstić information content (AvgIpc) is 2.18. The third kappa shape index (κ3) is 4.18. The van der Waals surface area contributed by atoms with Crippen LogP contribution in [0.5, 0.6) is 0 Å². The highest BCUT2D eigenvalue weighted by Gasteiger charge is 2.26. The quantitative estimate of drug-likeness (QED) is 0.503. The van der Waals surface area contributed by atoms with Crippen LogP contribution < -0.4 is 0 Å². The lowest BCUT2D eigenvalue weighted by Crippen LogP contribution is -2.24. The molecule has 2 heteroatoms. The lowest BCUT2D eigenvalue weighted by Gasteiger charge is -2.31. The maximum atomic E-state index is 6.33. The maximum Gasteiger partial charge on any atom is 0.0462 e. The van der Waals surface area contributed by atoms with E-state index in [0.717, 1.165) is 18.4 Å². The predicted octanol–water partition coefficient (Wildman–Crippen LogP) is 3.85. The van der Waals surface area contributed by atoms with E-state index in [9.17, 15) is 0 Å². The first-order valence-electron chi connectivity index (χ1n) is 5.87. The van der Waals surface area contributed by atoms with Gasteiger partial charge >= 0.3 is 0 Å². The van der Waals surface area contributed by atoms with Crippen LogP contribution in [0.2, 0.25) is 0 Å². The summed E-state index contributed by atoms with van der Waals surface area (Å²) in [5.41, 5.74) is 0. The smallest absolute Gasteiger partial charge is 0.0462 e. The highest BCUT2D eigenvalue weighted by molar-refractivity contribution is 6.20. The summed E-state index contributed by atoms with van der Waals surface area (Å²) in [6.07, 6.45) is 7.63. The van der Waals surface area contributed by atoms with Crippen molar-refractivity contribution in [2.75, 3.05) is 13.7 Å². The van der Waals surface area contributed by atoms with E-state index < -0.39 is 0 Å². The normalized spacial score (nSPS) is 33.2. The van der Waals surface area contributed by atoms with Gasteiger partial charge in [-0.15, -0.1) is 11.6 Å². The summed E-state index contributed by atoms with van der Waals surface area (Å²) in [5, 5.41) is 0.439. The molecule has 0 amide bonds. The Kier molecular flexibility index (Phi) is 5.88. The van der Waals surface area contributed by atoms with E-state index >= 15 is 0 Å². The summed E-state index contributed by atoms with van der Waals surface area (Å²) < 4.78 is 5.05. The zero-order chi connectivity index (χ0) is 10.4. The van der Waals surface area contributed by atoms with Gasteiger partial charge in [0.1, 0.15) is 0 Å². The summed E-state index contributed by atoms with van der Waals surface area (Å²) in [4.78, 5) is 0. The van der Waals surface area contributed by atoms with Crippen LogP contribution >= 0.6 is 11.6 Å². The number of hydrogen-bond donors (Lipinski definition) is 0. The van der Waals surface area contributed by atoms with Crippen LogP contribution in [0.4, 0.5) is 0 Å². The van der Waals surface area contributed by atoms with Crippen LogP contribution in [0.25, 0.3) is 0 Å². The molecule has 3 unspecified atom stereocenters. The number of rotatable bonds is 5. The van der Waals surface area contributed by atoms with Gasteiger partial charge in [-0.25, -0.2) is 0 Å². The van der Waals surface area contributed by atoms with Crippen LogP contribution in [-0.4, -0.2) is 19.1 Å². The van der Waals surface area contributed by atoms with Gasteiger partial charge in [-0.05, 0) is 43.9 Å². The second-order valence-corrected chi connectivity index (χ2v) is 5.24. The second-order valence-electron chi connectivity index (χ2n) is 4.68. The highest BCUT2D eigenvalue weighted by atomic mass is 35.5. The van der Waals surface area contributed by atoms with Crippen LogP contribution in [0, 0.1) is 11.8 Å². The van der Waals surface area contributed by atoms with Gasteiger partial charge in [0.25, 0.3) is 0 Å². The van der Waals surface area contributed by atoms with Gasteiger partial charge in [-0.1, -0.05) is 13.3 Å². The number of methoxy groups -OCH3 is 1. The van der Waals surface area contributed by atoms with E-state index in [4.69, 9.17) is 16.3 Å². The monoisotopic (exact) mass is 218 g/mol. The first kappa shape index (κ1) is 12.3. The molecule has 0 heterocycles. The van der Waals surface area contributed by atoms with Crippen molar-refractivity contribution in [2.45, 2.75) is 50.8 Å². The van der Waals surface area contributed by atoms with Crippen molar-refractivity contribution in [3.63, 3.8) is 0 Å². The van der Waals surface area contributed by atoms with E-state index in [1.165, 1.54) is 38.5 Å². The second kappa shape index (κ2) is 6.68. The van der Waals surface area contributed by atoms with Crippen LogP contribution in [-0.2, 0) is 4.74 Å². The van der Waals surface area contributed by atoms with Crippen molar-refractivity contribution in [2.24, 2.45) is 11.8 Å². The number of hydrogen-bond acceptors (Lipinski definition) is 1.